The van der Waals surface area contributed by atoms with Crippen molar-refractivity contribution >= 4 is 10.9 Å². The third kappa shape index (κ3) is 2.69. The maximum Gasteiger partial charge on any atom is 0.0705 e. The van der Waals surface area contributed by atoms with Crippen LogP contribution in [0, 0.1) is 5.92 Å². The minimum atomic E-state index is 0.0824. The van der Waals surface area contributed by atoms with Crippen molar-refractivity contribution in [3.63, 3.8) is 0 Å². The smallest absolute Gasteiger partial charge is 0.0705 e. The molecule has 0 radical (unpaired) electrons. The van der Waals surface area contributed by atoms with E-state index in [0.717, 1.165) is 23.1 Å². The van der Waals surface area contributed by atoms with Crippen LogP contribution in [0.4, 0.5) is 0 Å². The predicted molar refractivity (Wildman–Crippen MR) is 79.6 cm³/mol. The molecule has 1 heterocycles. The molecule has 0 spiro atoms. The Morgan fingerprint density at radius 3 is 2.95 bits per heavy atom. The molecule has 3 rings (SSSR count). The van der Waals surface area contributed by atoms with Crippen molar-refractivity contribution in [3.8, 4) is 0 Å². The molecule has 1 fully saturated rings. The number of fused-ring (bicyclic) bond motifs is 1. The second kappa shape index (κ2) is 5.90. The van der Waals surface area contributed by atoms with E-state index in [-0.39, 0.29) is 6.61 Å². The molecule has 3 heteroatoms. The van der Waals surface area contributed by atoms with Gasteiger partial charge in [-0.15, -0.1) is 0 Å². The fourth-order valence-electron chi connectivity index (χ4n) is 3.25. The second-order valence-electron chi connectivity index (χ2n) is 5.75. The monoisotopic (exact) mass is 271 g/mol. The lowest BCUT2D eigenvalue weighted by Gasteiger charge is -2.11. The summed E-state index contributed by atoms with van der Waals surface area (Å²) in [4.78, 5) is 4.80. The van der Waals surface area contributed by atoms with Gasteiger partial charge in [0.2, 0.25) is 0 Å². The molecule has 2 aromatic rings. The van der Waals surface area contributed by atoms with Gasteiger partial charge < -0.3 is 9.84 Å². The van der Waals surface area contributed by atoms with Crippen LogP contribution in [0.2, 0.25) is 0 Å². The molecule has 0 amide bonds. The van der Waals surface area contributed by atoms with Crippen molar-refractivity contribution in [3.05, 3.63) is 41.6 Å². The number of ether oxygens (including phenoxy) is 1. The number of aromatic nitrogens is 1. The van der Waals surface area contributed by atoms with Crippen molar-refractivity contribution in [1.82, 2.24) is 4.98 Å². The van der Waals surface area contributed by atoms with Gasteiger partial charge in [-0.2, -0.15) is 0 Å². The van der Waals surface area contributed by atoms with Crippen LogP contribution in [0.1, 0.15) is 36.4 Å². The number of rotatable bonds is 4. The number of hydrogen-bond acceptors (Lipinski definition) is 3. The molecule has 0 saturated heterocycles. The molecule has 106 valence electrons. The highest BCUT2D eigenvalue weighted by Crippen LogP contribution is 2.38. The van der Waals surface area contributed by atoms with Crippen molar-refractivity contribution in [2.75, 3.05) is 13.7 Å². The van der Waals surface area contributed by atoms with Crippen LogP contribution >= 0.6 is 0 Å². The average molecular weight is 271 g/mol. The molecule has 1 aromatic heterocycles. The van der Waals surface area contributed by atoms with Gasteiger partial charge in [-0.05, 0) is 48.9 Å². The Hall–Kier alpha value is -1.45. The van der Waals surface area contributed by atoms with Gasteiger partial charge in [-0.1, -0.05) is 12.1 Å². The van der Waals surface area contributed by atoms with Crippen molar-refractivity contribution in [1.29, 1.82) is 0 Å². The summed E-state index contributed by atoms with van der Waals surface area (Å²) in [5, 5.41) is 10.3. The maximum absolute atomic E-state index is 9.17. The first-order valence-corrected chi connectivity index (χ1v) is 7.29. The molecular weight excluding hydrogens is 250 g/mol. The summed E-state index contributed by atoms with van der Waals surface area (Å²) < 4.78 is 5.26. The molecule has 1 saturated carbocycles. The number of methoxy groups -OCH3 is 1. The Morgan fingerprint density at radius 2 is 2.15 bits per heavy atom. The minimum absolute atomic E-state index is 0.0824. The SMILES string of the molecule is COC[C@H]1CC[C@@H](c2ccc3cc(CO)ccc3n2)C1. The fourth-order valence-corrected chi connectivity index (χ4v) is 3.25. The van der Waals surface area contributed by atoms with Crippen LogP contribution < -0.4 is 0 Å². The van der Waals surface area contributed by atoms with Crippen molar-refractivity contribution in [2.45, 2.75) is 31.8 Å². The number of benzene rings is 1. The van der Waals surface area contributed by atoms with Crippen LogP contribution in [0.15, 0.2) is 30.3 Å². The van der Waals surface area contributed by atoms with Crippen molar-refractivity contribution in [2.24, 2.45) is 5.92 Å². The molecule has 1 aromatic carbocycles. The summed E-state index contributed by atoms with van der Waals surface area (Å²) in [6, 6.07) is 10.2. The van der Waals surface area contributed by atoms with Crippen LogP contribution in [0.3, 0.4) is 0 Å². The van der Waals surface area contributed by atoms with Crippen LogP contribution in [0.25, 0.3) is 10.9 Å². The van der Waals surface area contributed by atoms with Crippen LogP contribution in [-0.4, -0.2) is 23.8 Å². The van der Waals surface area contributed by atoms with Gasteiger partial charge in [0.05, 0.1) is 12.1 Å². The van der Waals surface area contributed by atoms with E-state index in [1.807, 2.05) is 18.2 Å². The largest absolute Gasteiger partial charge is 0.392 e. The van der Waals surface area contributed by atoms with Gasteiger partial charge >= 0.3 is 0 Å². The number of nitrogens with zero attached hydrogens (tertiary/aromatic N) is 1. The van der Waals surface area contributed by atoms with Gasteiger partial charge in [0.15, 0.2) is 0 Å². The van der Waals surface area contributed by atoms with E-state index < -0.39 is 0 Å². The Kier molecular flexibility index (Phi) is 3.99. The lowest BCUT2D eigenvalue weighted by atomic mass is 10.00. The average Bonchev–Trinajstić information content (AvgIpc) is 2.95. The van der Waals surface area contributed by atoms with E-state index in [0.29, 0.717) is 11.8 Å². The zero-order valence-electron chi connectivity index (χ0n) is 11.9. The van der Waals surface area contributed by atoms with Gasteiger partial charge in [0.1, 0.15) is 0 Å². The Bertz CT molecular complexity index is 597. The first kappa shape index (κ1) is 13.5. The number of aliphatic hydroxyl groups excluding tert-OH is 1. The summed E-state index contributed by atoms with van der Waals surface area (Å²) in [6.07, 6.45) is 3.63. The highest BCUT2D eigenvalue weighted by molar-refractivity contribution is 5.79. The van der Waals surface area contributed by atoms with Crippen LogP contribution in [-0.2, 0) is 11.3 Å². The van der Waals surface area contributed by atoms with E-state index in [2.05, 4.69) is 12.1 Å². The zero-order valence-corrected chi connectivity index (χ0v) is 11.9. The Morgan fingerprint density at radius 1 is 1.25 bits per heavy atom. The van der Waals surface area contributed by atoms with Gasteiger partial charge in [-0.25, -0.2) is 0 Å². The third-order valence-electron chi connectivity index (χ3n) is 4.32. The molecule has 1 aliphatic rings. The molecule has 1 N–H and O–H groups in total. The van der Waals surface area contributed by atoms with Gasteiger partial charge in [0, 0.05) is 30.7 Å². The molecule has 3 nitrogen and oxygen atoms in total. The molecule has 20 heavy (non-hydrogen) atoms. The summed E-state index contributed by atoms with van der Waals surface area (Å²) in [7, 11) is 1.78. The number of hydrogen-bond donors (Lipinski definition) is 1. The summed E-state index contributed by atoms with van der Waals surface area (Å²) in [5.74, 6) is 1.25. The standard InChI is InChI=1S/C17H21NO2/c1-20-11-13-2-4-14(9-13)17-7-5-15-8-12(10-19)3-6-16(15)18-17/h3,5-8,13-14,19H,2,4,9-11H2,1H3/t13-,14+/m0/s1. The number of aliphatic hydroxyl groups is 1. The minimum Gasteiger partial charge on any atom is -0.392 e. The topological polar surface area (TPSA) is 42.4 Å². The first-order chi connectivity index (χ1) is 9.80. The molecule has 1 aliphatic carbocycles. The van der Waals surface area contributed by atoms with Gasteiger partial charge in [-0.3, -0.25) is 4.98 Å². The third-order valence-corrected chi connectivity index (χ3v) is 4.32. The van der Waals surface area contributed by atoms with Crippen molar-refractivity contribution < 1.29 is 9.84 Å². The predicted octanol–water partition coefficient (Wildman–Crippen LogP) is 3.26. The fraction of sp³-hybridized carbons (Fsp3) is 0.471. The highest BCUT2D eigenvalue weighted by atomic mass is 16.5. The molecule has 0 aliphatic heterocycles. The molecule has 2 atom stereocenters. The summed E-state index contributed by atoms with van der Waals surface area (Å²) in [6.45, 7) is 0.947. The van der Waals surface area contributed by atoms with E-state index in [4.69, 9.17) is 9.72 Å². The Balaban J connectivity index is 1.83. The van der Waals surface area contributed by atoms with Crippen LogP contribution in [0.5, 0.6) is 0 Å². The molecular formula is C17H21NO2. The normalized spacial score (nSPS) is 22.5. The second-order valence-corrected chi connectivity index (χ2v) is 5.75. The number of pyridine rings is 1. The summed E-state index contributed by atoms with van der Waals surface area (Å²) >= 11 is 0. The van der Waals surface area contributed by atoms with E-state index in [1.165, 1.54) is 25.0 Å². The van der Waals surface area contributed by atoms with E-state index >= 15 is 0 Å². The quantitative estimate of drug-likeness (QED) is 0.928. The molecule has 0 unspecified atom stereocenters. The van der Waals surface area contributed by atoms with E-state index in [9.17, 15) is 5.11 Å². The lowest BCUT2D eigenvalue weighted by Crippen LogP contribution is -2.04. The summed E-state index contributed by atoms with van der Waals surface area (Å²) in [5.41, 5.74) is 3.16. The first-order valence-electron chi connectivity index (χ1n) is 7.29. The lowest BCUT2D eigenvalue weighted by molar-refractivity contribution is 0.154. The Labute approximate surface area is 119 Å². The maximum atomic E-state index is 9.17. The highest BCUT2D eigenvalue weighted by Gasteiger charge is 2.26. The molecule has 0 bridgehead atoms. The zero-order chi connectivity index (χ0) is 13.9. The van der Waals surface area contributed by atoms with Gasteiger partial charge in [0.25, 0.3) is 0 Å². The van der Waals surface area contributed by atoms with E-state index in [1.54, 1.807) is 7.11 Å².